The molecule has 1 radical (unpaired) electrons. The molecule has 5 heavy (non-hydrogen) atoms. The first kappa shape index (κ1) is 4.96. The van der Waals surface area contributed by atoms with Crippen LogP contribution in [0.15, 0.2) is 0 Å². The van der Waals surface area contributed by atoms with E-state index >= 15 is 0 Å². The van der Waals surface area contributed by atoms with Gasteiger partial charge in [-0.3, -0.25) is 0 Å². The van der Waals surface area contributed by atoms with E-state index in [2.05, 4.69) is 0 Å². The highest BCUT2D eigenvalue weighted by molar-refractivity contribution is 4.33. The van der Waals surface area contributed by atoms with E-state index < -0.39 is 0 Å². The van der Waals surface area contributed by atoms with E-state index in [4.69, 9.17) is 0 Å². The summed E-state index contributed by atoms with van der Waals surface area (Å²) in [6, 6.07) is 0. The van der Waals surface area contributed by atoms with Crippen LogP contribution in [0, 0.1) is 0 Å². The van der Waals surface area contributed by atoms with Gasteiger partial charge < -0.3 is 0 Å². The molecule has 1 heteroatoms. The third kappa shape index (κ3) is 3.96. The summed E-state index contributed by atoms with van der Waals surface area (Å²) in [5, 5.41) is 9.90. The molecule has 0 rings (SSSR count). The zero-order valence-electron chi connectivity index (χ0n) is 3.69. The van der Waals surface area contributed by atoms with Gasteiger partial charge in [0, 0.05) is 0 Å². The van der Waals surface area contributed by atoms with Gasteiger partial charge in [0.2, 0.25) is 0 Å². The fraction of sp³-hybridized carbons (Fsp3) is 1.00. The maximum atomic E-state index is 9.90. The predicted octanol–water partition coefficient (Wildman–Crippen LogP) is 1.22. The maximum absolute atomic E-state index is 9.90. The van der Waals surface area contributed by atoms with Crippen molar-refractivity contribution in [2.24, 2.45) is 0 Å². The molecule has 0 aromatic carbocycles. The summed E-state index contributed by atoms with van der Waals surface area (Å²) < 4.78 is 0. The van der Waals surface area contributed by atoms with Gasteiger partial charge in [0.15, 0.2) is 0 Å². The Morgan fingerprint density at radius 1 is 1.80 bits per heavy atom. The molecule has 0 saturated carbocycles. The van der Waals surface area contributed by atoms with Crippen molar-refractivity contribution in [1.29, 1.82) is 0 Å². The van der Waals surface area contributed by atoms with Crippen LogP contribution in [0.3, 0.4) is 0 Å². The Morgan fingerprint density at radius 2 is 2.00 bits per heavy atom. The molecule has 0 aliphatic rings. The lowest BCUT2D eigenvalue weighted by molar-refractivity contribution is 0.102. The normalized spacial score (nSPS) is 15.0. The highest BCUT2D eigenvalue weighted by Crippen LogP contribution is 1.83. The third-order valence-corrected chi connectivity index (χ3v) is 0.575. The average Bonchev–Trinajstić information content (AvgIpc) is 1.38. The summed E-state index contributed by atoms with van der Waals surface area (Å²) >= 11 is 0. The molecule has 0 bridgehead atoms. The Bertz CT molecular complexity index is 17.6. The molecule has 0 heterocycles. The van der Waals surface area contributed by atoms with E-state index in [-0.39, 0.29) is 6.10 Å². The van der Waals surface area contributed by atoms with Crippen molar-refractivity contribution in [2.75, 3.05) is 0 Å². The first-order valence-electron chi connectivity index (χ1n) is 1.93. The zero-order chi connectivity index (χ0) is 4.28. The molecule has 0 aromatic heterocycles. The quantitative estimate of drug-likeness (QED) is 0.444. The van der Waals surface area contributed by atoms with Crippen LogP contribution in [0.1, 0.15) is 20.3 Å². The molecule has 0 fully saturated rings. The van der Waals surface area contributed by atoms with Crippen molar-refractivity contribution >= 4 is 0 Å². The molecule has 0 N–H and O–H groups in total. The molecule has 1 nitrogen and oxygen atoms in total. The highest BCUT2D eigenvalue weighted by atomic mass is 16.3. The van der Waals surface area contributed by atoms with Crippen LogP contribution in [-0.4, -0.2) is 6.10 Å². The van der Waals surface area contributed by atoms with E-state index in [0.717, 1.165) is 6.42 Å². The molecule has 0 spiro atoms. The number of hydrogen-bond acceptors (Lipinski definition) is 0. The molecule has 0 aliphatic heterocycles. The van der Waals surface area contributed by atoms with Gasteiger partial charge in [-0.2, -0.15) is 0 Å². The Labute approximate surface area is 32.6 Å². The first-order chi connectivity index (χ1) is 2.27. The van der Waals surface area contributed by atoms with Crippen molar-refractivity contribution in [3.63, 3.8) is 0 Å². The highest BCUT2D eigenvalue weighted by Gasteiger charge is 1.85. The van der Waals surface area contributed by atoms with Gasteiger partial charge in [0.1, 0.15) is 0 Å². The molecule has 0 amide bonds. The van der Waals surface area contributed by atoms with Crippen LogP contribution in [0.4, 0.5) is 0 Å². The van der Waals surface area contributed by atoms with Crippen LogP contribution in [0.5, 0.6) is 0 Å². The maximum Gasteiger partial charge on any atom is 0.0899 e. The zero-order valence-corrected chi connectivity index (χ0v) is 3.69. The van der Waals surface area contributed by atoms with Crippen LogP contribution in [-0.2, 0) is 5.11 Å². The van der Waals surface area contributed by atoms with Gasteiger partial charge in [-0.05, 0) is 13.3 Å². The molecule has 0 aliphatic carbocycles. The third-order valence-electron chi connectivity index (χ3n) is 0.575. The van der Waals surface area contributed by atoms with Gasteiger partial charge >= 0.3 is 0 Å². The van der Waals surface area contributed by atoms with Gasteiger partial charge in [-0.25, -0.2) is 5.11 Å². The molecule has 1 unspecified atom stereocenters. The standard InChI is InChI=1S/C4H9O/c1-3-4(2)5/h4H,3H2,1-2H3. The van der Waals surface area contributed by atoms with E-state index in [1.165, 1.54) is 0 Å². The Morgan fingerprint density at radius 3 is 2.00 bits per heavy atom. The molecule has 0 saturated heterocycles. The minimum atomic E-state index is -0.366. The number of hydrogen-bond donors (Lipinski definition) is 0. The van der Waals surface area contributed by atoms with E-state index in [9.17, 15) is 5.11 Å². The Balaban J connectivity index is 2.54. The fourth-order valence-electron chi connectivity index (χ4n) is 0. The first-order valence-corrected chi connectivity index (χ1v) is 1.93. The largest absolute Gasteiger partial charge is 0.233 e. The fourth-order valence-corrected chi connectivity index (χ4v) is 0. The lowest BCUT2D eigenvalue weighted by Gasteiger charge is -1.86. The van der Waals surface area contributed by atoms with Crippen LogP contribution >= 0.6 is 0 Å². The van der Waals surface area contributed by atoms with Gasteiger partial charge in [-0.1, -0.05) is 6.92 Å². The van der Waals surface area contributed by atoms with Crippen LogP contribution < -0.4 is 0 Å². The lowest BCUT2D eigenvalue weighted by atomic mass is 10.3. The minimum absolute atomic E-state index is 0.366. The van der Waals surface area contributed by atoms with Crippen molar-refractivity contribution in [3.8, 4) is 0 Å². The smallest absolute Gasteiger partial charge is 0.0899 e. The minimum Gasteiger partial charge on any atom is -0.233 e. The van der Waals surface area contributed by atoms with E-state index in [1.807, 2.05) is 6.92 Å². The summed E-state index contributed by atoms with van der Waals surface area (Å²) in [6.07, 6.45) is 0.384. The summed E-state index contributed by atoms with van der Waals surface area (Å²) in [6.45, 7) is 3.55. The topological polar surface area (TPSA) is 19.9 Å². The summed E-state index contributed by atoms with van der Waals surface area (Å²) in [4.78, 5) is 0. The molecule has 31 valence electrons. The van der Waals surface area contributed by atoms with Crippen molar-refractivity contribution in [3.05, 3.63) is 0 Å². The predicted molar refractivity (Wildman–Crippen MR) is 20.4 cm³/mol. The lowest BCUT2D eigenvalue weighted by Crippen LogP contribution is -1.90. The summed E-state index contributed by atoms with van der Waals surface area (Å²) in [7, 11) is 0. The van der Waals surface area contributed by atoms with Gasteiger partial charge in [-0.15, -0.1) is 0 Å². The molecule has 1 atom stereocenters. The van der Waals surface area contributed by atoms with Crippen molar-refractivity contribution in [1.82, 2.24) is 0 Å². The monoisotopic (exact) mass is 73.1 g/mol. The van der Waals surface area contributed by atoms with Gasteiger partial charge in [0.25, 0.3) is 0 Å². The van der Waals surface area contributed by atoms with Crippen molar-refractivity contribution in [2.45, 2.75) is 26.4 Å². The molecule has 0 aromatic rings. The Hall–Kier alpha value is -0.0400. The van der Waals surface area contributed by atoms with Crippen LogP contribution in [0.2, 0.25) is 0 Å². The number of rotatable bonds is 1. The van der Waals surface area contributed by atoms with Gasteiger partial charge in [0.05, 0.1) is 6.10 Å². The second-order valence-corrected chi connectivity index (χ2v) is 1.22. The summed E-state index contributed by atoms with van der Waals surface area (Å²) in [5.41, 5.74) is 0. The second kappa shape index (κ2) is 2.21. The second-order valence-electron chi connectivity index (χ2n) is 1.22. The van der Waals surface area contributed by atoms with Crippen molar-refractivity contribution < 1.29 is 5.11 Å². The average molecular weight is 73.1 g/mol. The SMILES string of the molecule is CCC(C)[O]. The molecular formula is C4H9O. The summed E-state index contributed by atoms with van der Waals surface area (Å²) in [5.74, 6) is 0. The van der Waals surface area contributed by atoms with E-state index in [0.29, 0.717) is 0 Å². The Kier molecular flexibility index (Phi) is 2.19. The molecular weight excluding hydrogens is 64.0 g/mol. The van der Waals surface area contributed by atoms with Crippen LogP contribution in [0.25, 0.3) is 0 Å². The van der Waals surface area contributed by atoms with E-state index in [1.54, 1.807) is 6.92 Å².